The SMILES string of the molecule is [2H]C(C)(C)c1cc[n+](C)c(-c2c(C)c3c(c4c2Cc2ccccc2-4)-c2ccccc2C3)c1. The van der Waals surface area contributed by atoms with E-state index in [1.165, 1.54) is 61.3 Å². The van der Waals surface area contributed by atoms with Crippen molar-refractivity contribution in [2.75, 3.05) is 0 Å². The molecule has 0 N–H and O–H groups in total. The topological polar surface area (TPSA) is 3.88 Å². The molecule has 1 heterocycles. The number of aryl methyl sites for hydroxylation is 1. The Morgan fingerprint density at radius 2 is 1.39 bits per heavy atom. The van der Waals surface area contributed by atoms with E-state index in [0.29, 0.717) is 0 Å². The molecule has 0 atom stereocenters. The molecule has 2 aliphatic carbocycles. The minimum absolute atomic E-state index is 0.629. The van der Waals surface area contributed by atoms with E-state index in [1.807, 2.05) is 13.8 Å². The highest BCUT2D eigenvalue weighted by molar-refractivity contribution is 6.00. The summed E-state index contributed by atoms with van der Waals surface area (Å²) in [6.45, 7) is 6.25. The van der Waals surface area contributed by atoms with Crippen LogP contribution < -0.4 is 4.57 Å². The summed E-state index contributed by atoms with van der Waals surface area (Å²) in [5.74, 6) is -0.629. The van der Waals surface area contributed by atoms with Crippen LogP contribution in [-0.2, 0) is 19.9 Å². The Bertz CT molecular complexity index is 1420. The molecule has 0 bridgehead atoms. The Morgan fingerprint density at radius 1 is 0.806 bits per heavy atom. The lowest BCUT2D eigenvalue weighted by atomic mass is 9.85. The van der Waals surface area contributed by atoms with E-state index in [1.54, 1.807) is 0 Å². The molecule has 0 fully saturated rings. The van der Waals surface area contributed by atoms with Crippen LogP contribution in [0.2, 0.25) is 0 Å². The molecule has 152 valence electrons. The number of benzene rings is 3. The second kappa shape index (κ2) is 6.65. The molecule has 1 aromatic heterocycles. The summed E-state index contributed by atoms with van der Waals surface area (Å²) in [5.41, 5.74) is 16.4. The predicted octanol–water partition coefficient (Wildman–Crippen LogP) is 6.75. The molecule has 0 spiro atoms. The van der Waals surface area contributed by atoms with Crippen LogP contribution in [-0.4, -0.2) is 0 Å². The summed E-state index contributed by atoms with van der Waals surface area (Å²) in [7, 11) is 2.13. The zero-order valence-electron chi connectivity index (χ0n) is 19.7. The molecule has 3 aromatic carbocycles. The first-order chi connectivity index (χ1) is 15.3. The summed E-state index contributed by atoms with van der Waals surface area (Å²) in [4.78, 5) is 0. The highest BCUT2D eigenvalue weighted by atomic mass is 14.9. The van der Waals surface area contributed by atoms with Crippen LogP contribution in [0.5, 0.6) is 0 Å². The zero-order chi connectivity index (χ0) is 22.2. The third-order valence-electron chi connectivity index (χ3n) is 7.27. The standard InChI is InChI=1S/C30H28N/c1-18(2)20-13-14-31(4)27(17-20)28-19(3)25-15-21-9-5-7-11-23(21)29(25)30-24-12-8-6-10-22(24)16-26(28)30/h5-14,17-18H,15-16H2,1-4H3/q+1/i18D. The average Bonchev–Trinajstić information content (AvgIpc) is 3.33. The van der Waals surface area contributed by atoms with Gasteiger partial charge in [0, 0.05) is 13.5 Å². The van der Waals surface area contributed by atoms with Gasteiger partial charge in [-0.05, 0) is 81.3 Å². The third kappa shape index (κ3) is 2.59. The first-order valence-electron chi connectivity index (χ1n) is 11.7. The van der Waals surface area contributed by atoms with Crippen LogP contribution in [0.1, 0.15) is 54.5 Å². The van der Waals surface area contributed by atoms with Crippen molar-refractivity contribution < 1.29 is 5.94 Å². The van der Waals surface area contributed by atoms with Crippen molar-refractivity contribution >= 4 is 0 Å². The maximum absolute atomic E-state index is 8.62. The highest BCUT2D eigenvalue weighted by Crippen LogP contribution is 2.53. The second-order valence-electron chi connectivity index (χ2n) is 9.29. The summed E-state index contributed by atoms with van der Waals surface area (Å²) < 4.78 is 10.8. The van der Waals surface area contributed by atoms with E-state index < -0.39 is 5.89 Å². The summed E-state index contributed by atoms with van der Waals surface area (Å²) >= 11 is 0. The number of fused-ring (bicyclic) bond motifs is 7. The van der Waals surface area contributed by atoms with Gasteiger partial charge in [0.05, 0.1) is 5.56 Å². The number of pyridine rings is 1. The quantitative estimate of drug-likeness (QED) is 0.281. The van der Waals surface area contributed by atoms with Crippen molar-refractivity contribution in [2.24, 2.45) is 7.05 Å². The predicted molar refractivity (Wildman–Crippen MR) is 128 cm³/mol. The van der Waals surface area contributed by atoms with Crippen molar-refractivity contribution in [1.29, 1.82) is 0 Å². The molecule has 0 amide bonds. The molecule has 2 aliphatic rings. The molecule has 0 unspecified atom stereocenters. The van der Waals surface area contributed by atoms with Gasteiger partial charge in [0.15, 0.2) is 6.20 Å². The maximum atomic E-state index is 8.62. The van der Waals surface area contributed by atoms with Crippen LogP contribution in [0.4, 0.5) is 0 Å². The molecule has 0 radical (unpaired) electrons. The van der Waals surface area contributed by atoms with Gasteiger partial charge in [-0.2, -0.15) is 0 Å². The number of aromatic nitrogens is 1. The lowest BCUT2D eigenvalue weighted by Crippen LogP contribution is -2.31. The van der Waals surface area contributed by atoms with Crippen molar-refractivity contribution in [1.82, 2.24) is 0 Å². The van der Waals surface area contributed by atoms with Gasteiger partial charge in [-0.1, -0.05) is 62.4 Å². The number of rotatable bonds is 2. The minimum Gasteiger partial charge on any atom is -0.201 e. The fraction of sp³-hybridized carbons (Fsp3) is 0.233. The molecular formula is C30H28N+. The smallest absolute Gasteiger partial charge is 0.201 e. The van der Waals surface area contributed by atoms with Crippen LogP contribution in [0.25, 0.3) is 33.5 Å². The summed E-state index contributed by atoms with van der Waals surface area (Å²) in [6.07, 6.45) is 4.08. The van der Waals surface area contributed by atoms with Crippen molar-refractivity contribution in [2.45, 2.75) is 39.5 Å². The monoisotopic (exact) mass is 403 g/mol. The van der Waals surface area contributed by atoms with E-state index in [4.69, 9.17) is 1.37 Å². The molecule has 4 aromatic rings. The first-order valence-corrected chi connectivity index (χ1v) is 11.2. The summed E-state index contributed by atoms with van der Waals surface area (Å²) in [5, 5.41) is 0. The lowest BCUT2D eigenvalue weighted by molar-refractivity contribution is -0.660. The van der Waals surface area contributed by atoms with Gasteiger partial charge in [-0.15, -0.1) is 0 Å². The maximum Gasteiger partial charge on any atom is 0.213 e. The molecule has 6 rings (SSSR count). The van der Waals surface area contributed by atoms with Crippen molar-refractivity contribution in [3.63, 3.8) is 0 Å². The third-order valence-corrected chi connectivity index (χ3v) is 7.27. The van der Waals surface area contributed by atoms with Gasteiger partial charge in [0.1, 0.15) is 7.05 Å². The molecule has 1 nitrogen and oxygen atoms in total. The zero-order valence-corrected chi connectivity index (χ0v) is 18.7. The Balaban J connectivity index is 1.72. The van der Waals surface area contributed by atoms with Crippen molar-refractivity contribution in [3.8, 4) is 33.5 Å². The normalized spacial score (nSPS) is 14.0. The lowest BCUT2D eigenvalue weighted by Gasteiger charge is -2.18. The van der Waals surface area contributed by atoms with Crippen LogP contribution in [0.3, 0.4) is 0 Å². The molecule has 0 aliphatic heterocycles. The van der Waals surface area contributed by atoms with Gasteiger partial charge in [-0.25, -0.2) is 4.57 Å². The Labute approximate surface area is 186 Å². The Kier molecular flexibility index (Phi) is 3.75. The van der Waals surface area contributed by atoms with Crippen LogP contribution in [0.15, 0.2) is 66.9 Å². The van der Waals surface area contributed by atoms with Crippen molar-refractivity contribution in [3.05, 3.63) is 100 Å². The molecule has 0 saturated heterocycles. The highest BCUT2D eigenvalue weighted by Gasteiger charge is 2.35. The van der Waals surface area contributed by atoms with Gasteiger partial charge < -0.3 is 0 Å². The summed E-state index contributed by atoms with van der Waals surface area (Å²) in [6, 6.07) is 22.2. The molecular weight excluding hydrogens is 374 g/mol. The average molecular weight is 404 g/mol. The van der Waals surface area contributed by atoms with Gasteiger partial charge in [-0.3, -0.25) is 0 Å². The Hall–Kier alpha value is -3.19. The second-order valence-corrected chi connectivity index (χ2v) is 9.29. The minimum atomic E-state index is -0.629. The number of hydrogen-bond donors (Lipinski definition) is 0. The number of hydrogen-bond acceptors (Lipinski definition) is 0. The Morgan fingerprint density at radius 3 is 2.03 bits per heavy atom. The fourth-order valence-corrected chi connectivity index (χ4v) is 5.68. The first kappa shape index (κ1) is 17.5. The van der Waals surface area contributed by atoms with Crippen LogP contribution in [0, 0.1) is 6.92 Å². The largest absolute Gasteiger partial charge is 0.213 e. The molecule has 1 heteroatoms. The van der Waals surface area contributed by atoms with Crippen LogP contribution >= 0.6 is 0 Å². The van der Waals surface area contributed by atoms with Gasteiger partial charge in [0.25, 0.3) is 0 Å². The molecule has 0 saturated carbocycles. The van der Waals surface area contributed by atoms with E-state index >= 15 is 0 Å². The van der Waals surface area contributed by atoms with E-state index in [2.05, 4.69) is 85.4 Å². The van der Waals surface area contributed by atoms with Gasteiger partial charge in [0.2, 0.25) is 5.69 Å². The van der Waals surface area contributed by atoms with Gasteiger partial charge >= 0.3 is 0 Å². The van der Waals surface area contributed by atoms with E-state index in [0.717, 1.165) is 18.4 Å². The fourth-order valence-electron chi connectivity index (χ4n) is 5.68. The molecule has 31 heavy (non-hydrogen) atoms. The van der Waals surface area contributed by atoms with E-state index in [-0.39, 0.29) is 0 Å². The number of nitrogens with zero attached hydrogens (tertiary/aromatic N) is 1. The van der Waals surface area contributed by atoms with E-state index in [9.17, 15) is 0 Å².